The number of benzene rings is 2. The first-order valence-corrected chi connectivity index (χ1v) is 13.4. The third-order valence-electron chi connectivity index (χ3n) is 7.44. The van der Waals surface area contributed by atoms with Crippen molar-refractivity contribution in [2.24, 2.45) is 0 Å². The lowest BCUT2D eigenvalue weighted by molar-refractivity contribution is -0.274. The maximum atomic E-state index is 14.3. The van der Waals surface area contributed by atoms with Crippen LogP contribution in [0.4, 0.5) is 26.3 Å². The fourth-order valence-corrected chi connectivity index (χ4v) is 5.35. The number of carbonyl (C=O) groups is 1. The lowest BCUT2D eigenvalue weighted by atomic mass is 10.0. The zero-order valence-corrected chi connectivity index (χ0v) is 23.5. The number of piperazine rings is 1. The molecule has 1 amide bonds. The molecule has 0 radical (unpaired) electrons. The Kier molecular flexibility index (Phi) is 8.44. The third-order valence-corrected chi connectivity index (χ3v) is 7.44. The molecule has 1 aliphatic heterocycles. The Morgan fingerprint density at radius 1 is 1.00 bits per heavy atom. The summed E-state index contributed by atoms with van der Waals surface area (Å²) in [5, 5.41) is 13.9. The lowest BCUT2D eigenvalue weighted by Gasteiger charge is -2.38. The Bertz CT molecular complexity index is 1650. The Hall–Kier alpha value is -4.37. The van der Waals surface area contributed by atoms with Crippen molar-refractivity contribution in [2.45, 2.75) is 25.5 Å². The van der Waals surface area contributed by atoms with E-state index in [1.54, 1.807) is 35.2 Å². The van der Waals surface area contributed by atoms with Gasteiger partial charge in [0.25, 0.3) is 5.91 Å². The van der Waals surface area contributed by atoms with Gasteiger partial charge in [-0.3, -0.25) is 9.69 Å². The smallest absolute Gasteiger partial charge is 0.497 e. The molecular formula is C29H27F6N5O4. The minimum Gasteiger partial charge on any atom is -0.497 e. The van der Waals surface area contributed by atoms with Crippen LogP contribution in [0.15, 0.2) is 54.7 Å². The number of methoxy groups -OCH3 is 1. The zero-order chi connectivity index (χ0) is 31.8. The van der Waals surface area contributed by atoms with Gasteiger partial charge in [-0.05, 0) is 48.9 Å². The first-order chi connectivity index (χ1) is 20.8. The molecule has 1 saturated heterocycles. The van der Waals surface area contributed by atoms with E-state index < -0.39 is 42.5 Å². The van der Waals surface area contributed by atoms with Gasteiger partial charge in [-0.25, -0.2) is 9.50 Å². The topological polar surface area (TPSA) is 92.4 Å². The predicted molar refractivity (Wildman–Crippen MR) is 145 cm³/mol. The van der Waals surface area contributed by atoms with Crippen molar-refractivity contribution >= 4 is 11.6 Å². The minimum absolute atomic E-state index is 0.0365. The number of carbonyl (C=O) groups excluding carboxylic acids is 1. The molecule has 5 rings (SSSR count). The first-order valence-electron chi connectivity index (χ1n) is 13.4. The number of aliphatic hydroxyl groups excluding tert-OH is 1. The SMILES string of the molecule is COc1ccc(-c2nc3c(C(=O)N4CCN([C@@H](CO)c5cccc(OC(F)(F)F)c5)CC4)cnn3c(C(F)(F)F)c2C)cc1. The van der Waals surface area contributed by atoms with E-state index in [-0.39, 0.29) is 48.6 Å². The zero-order valence-electron chi connectivity index (χ0n) is 23.5. The summed E-state index contributed by atoms with van der Waals surface area (Å²) in [7, 11) is 1.46. The number of amides is 1. The van der Waals surface area contributed by atoms with E-state index >= 15 is 0 Å². The number of nitrogens with zero attached hydrogens (tertiary/aromatic N) is 5. The average molecular weight is 624 g/mol. The van der Waals surface area contributed by atoms with Gasteiger partial charge in [0.05, 0.1) is 31.6 Å². The van der Waals surface area contributed by atoms with Crippen LogP contribution in [0.1, 0.15) is 33.2 Å². The molecule has 0 bridgehead atoms. The van der Waals surface area contributed by atoms with Crippen LogP contribution in [-0.4, -0.2) is 81.7 Å². The molecule has 0 spiro atoms. The second kappa shape index (κ2) is 12.0. The van der Waals surface area contributed by atoms with Gasteiger partial charge in [-0.2, -0.15) is 18.3 Å². The van der Waals surface area contributed by atoms with Crippen LogP contribution >= 0.6 is 0 Å². The highest BCUT2D eigenvalue weighted by Crippen LogP contribution is 2.37. The molecule has 2 aromatic carbocycles. The lowest BCUT2D eigenvalue weighted by Crippen LogP contribution is -2.50. The Labute approximate surface area is 247 Å². The summed E-state index contributed by atoms with van der Waals surface area (Å²) >= 11 is 0. The number of hydrogen-bond donors (Lipinski definition) is 1. The summed E-state index contributed by atoms with van der Waals surface area (Å²) in [6.45, 7) is 1.62. The highest BCUT2D eigenvalue weighted by Gasteiger charge is 2.39. The summed E-state index contributed by atoms with van der Waals surface area (Å²) in [6, 6.07) is 10.9. The molecule has 3 heterocycles. The van der Waals surface area contributed by atoms with E-state index in [0.29, 0.717) is 21.4 Å². The quantitative estimate of drug-likeness (QED) is 0.286. The average Bonchev–Trinajstić information content (AvgIpc) is 3.39. The molecule has 1 N–H and O–H groups in total. The molecule has 234 valence electrons. The van der Waals surface area contributed by atoms with Gasteiger partial charge in [0, 0.05) is 37.3 Å². The van der Waals surface area contributed by atoms with Gasteiger partial charge < -0.3 is 19.5 Å². The Morgan fingerprint density at radius 2 is 1.68 bits per heavy atom. The van der Waals surface area contributed by atoms with Crippen molar-refractivity contribution in [1.29, 1.82) is 0 Å². The van der Waals surface area contributed by atoms with Gasteiger partial charge in [0.15, 0.2) is 11.3 Å². The maximum absolute atomic E-state index is 14.3. The van der Waals surface area contributed by atoms with Crippen LogP contribution in [0.3, 0.4) is 0 Å². The predicted octanol–water partition coefficient (Wildman–Crippen LogP) is 5.12. The monoisotopic (exact) mass is 623 g/mol. The largest absolute Gasteiger partial charge is 0.573 e. The van der Waals surface area contributed by atoms with Gasteiger partial charge >= 0.3 is 12.5 Å². The minimum atomic E-state index is -4.87. The van der Waals surface area contributed by atoms with Crippen LogP contribution in [0.25, 0.3) is 16.9 Å². The molecule has 1 fully saturated rings. The van der Waals surface area contributed by atoms with E-state index in [1.807, 2.05) is 0 Å². The van der Waals surface area contributed by atoms with E-state index in [9.17, 15) is 36.2 Å². The number of aliphatic hydroxyl groups is 1. The molecule has 15 heteroatoms. The standard InChI is InChI=1S/C29H27F6N5O4/c1-17-24(18-6-8-20(43-2)9-7-18)37-26-22(15-36-40(26)25(17)28(30,31)32)27(42)39-12-10-38(11-13-39)23(16-41)19-4-3-5-21(14-19)44-29(33,34)35/h3-9,14-15,23,41H,10-13,16H2,1-2H3/t23-/m0/s1. The Morgan fingerprint density at radius 3 is 2.27 bits per heavy atom. The van der Waals surface area contributed by atoms with Crippen molar-refractivity contribution in [3.05, 3.63) is 77.1 Å². The molecule has 0 aliphatic carbocycles. The summed E-state index contributed by atoms with van der Waals surface area (Å²) in [4.78, 5) is 21.3. The summed E-state index contributed by atoms with van der Waals surface area (Å²) in [5.41, 5.74) is -0.767. The maximum Gasteiger partial charge on any atom is 0.573 e. The van der Waals surface area contributed by atoms with Crippen LogP contribution in [0, 0.1) is 6.92 Å². The normalized spacial score (nSPS) is 15.4. The molecule has 1 atom stereocenters. The summed E-state index contributed by atoms with van der Waals surface area (Å²) < 4.78 is 90.6. The number of halogens is 6. The summed E-state index contributed by atoms with van der Waals surface area (Å²) in [6.07, 6.45) is -8.61. The summed E-state index contributed by atoms with van der Waals surface area (Å²) in [5.74, 6) is -0.495. The fourth-order valence-electron chi connectivity index (χ4n) is 5.35. The third kappa shape index (κ3) is 6.28. The number of hydrogen-bond acceptors (Lipinski definition) is 7. The van der Waals surface area contributed by atoms with E-state index in [0.717, 1.165) is 12.3 Å². The fraction of sp³-hybridized carbons (Fsp3) is 0.345. The molecule has 0 saturated carbocycles. The van der Waals surface area contributed by atoms with Crippen LogP contribution in [0.2, 0.25) is 0 Å². The van der Waals surface area contributed by atoms with Crippen LogP contribution in [0.5, 0.6) is 11.5 Å². The highest BCUT2D eigenvalue weighted by molar-refractivity contribution is 6.00. The second-order valence-electron chi connectivity index (χ2n) is 10.1. The Balaban J connectivity index is 1.40. The number of rotatable bonds is 7. The van der Waals surface area contributed by atoms with Crippen molar-refractivity contribution in [2.75, 3.05) is 39.9 Å². The number of aromatic nitrogens is 3. The van der Waals surface area contributed by atoms with E-state index in [1.165, 1.54) is 31.1 Å². The molecule has 9 nitrogen and oxygen atoms in total. The van der Waals surface area contributed by atoms with Crippen molar-refractivity contribution in [1.82, 2.24) is 24.4 Å². The highest BCUT2D eigenvalue weighted by atomic mass is 19.4. The van der Waals surface area contributed by atoms with Gasteiger partial charge in [0.1, 0.15) is 17.1 Å². The van der Waals surface area contributed by atoms with Crippen LogP contribution < -0.4 is 9.47 Å². The number of alkyl halides is 6. The van der Waals surface area contributed by atoms with Gasteiger partial charge in [-0.1, -0.05) is 12.1 Å². The first kappa shape index (κ1) is 31.1. The van der Waals surface area contributed by atoms with Crippen molar-refractivity contribution < 1.29 is 45.7 Å². The molecule has 2 aromatic heterocycles. The van der Waals surface area contributed by atoms with Crippen molar-refractivity contribution in [3.8, 4) is 22.8 Å². The van der Waals surface area contributed by atoms with E-state index in [4.69, 9.17) is 4.74 Å². The molecule has 1 aliphatic rings. The van der Waals surface area contributed by atoms with Crippen molar-refractivity contribution in [3.63, 3.8) is 0 Å². The molecule has 0 unspecified atom stereocenters. The van der Waals surface area contributed by atoms with Gasteiger partial charge in [-0.15, -0.1) is 13.2 Å². The second-order valence-corrected chi connectivity index (χ2v) is 10.1. The number of fused-ring (bicyclic) bond motifs is 1. The molecule has 44 heavy (non-hydrogen) atoms. The molecule has 4 aromatic rings. The van der Waals surface area contributed by atoms with E-state index in [2.05, 4.69) is 14.8 Å². The van der Waals surface area contributed by atoms with Crippen LogP contribution in [-0.2, 0) is 6.18 Å². The number of ether oxygens (including phenoxy) is 2. The molecular weight excluding hydrogens is 596 g/mol. The van der Waals surface area contributed by atoms with Gasteiger partial charge in [0.2, 0.25) is 0 Å².